The molecule has 0 aliphatic rings. The second kappa shape index (κ2) is 9.60. The van der Waals surface area contributed by atoms with Crippen LogP contribution in [0.25, 0.3) is 5.69 Å². The van der Waals surface area contributed by atoms with Crippen LogP contribution in [-0.4, -0.2) is 50.7 Å². The third-order valence-corrected chi connectivity index (χ3v) is 4.29. The van der Waals surface area contributed by atoms with Gasteiger partial charge < -0.3 is 15.4 Å². The van der Waals surface area contributed by atoms with Gasteiger partial charge in [0, 0.05) is 38.0 Å². The highest BCUT2D eigenvalue weighted by Crippen LogP contribution is 2.29. The lowest BCUT2D eigenvalue weighted by Crippen LogP contribution is -2.30. The summed E-state index contributed by atoms with van der Waals surface area (Å²) in [4.78, 5) is 28.4. The maximum atomic E-state index is 12.5. The number of carbonyl (C=O) groups excluding carboxylic acids is 2. The van der Waals surface area contributed by atoms with Crippen LogP contribution >= 0.6 is 11.6 Å². The van der Waals surface area contributed by atoms with Gasteiger partial charge in [0.15, 0.2) is 0 Å². The number of nitrogens with zero attached hydrogens (tertiary/aromatic N) is 5. The van der Waals surface area contributed by atoms with Crippen molar-refractivity contribution in [1.82, 2.24) is 35.8 Å². The molecule has 0 unspecified atom stereocenters. The molecule has 29 heavy (non-hydrogen) atoms. The molecule has 0 spiro atoms. The Labute approximate surface area is 171 Å². The monoisotopic (exact) mass is 415 g/mol. The molecule has 1 aromatic carbocycles. The molecule has 150 valence electrons. The fourth-order valence-electron chi connectivity index (χ4n) is 2.51. The normalized spacial score (nSPS) is 10.4. The third kappa shape index (κ3) is 5.26. The molecule has 2 N–H and O–H groups in total. The fourth-order valence-corrected chi connectivity index (χ4v) is 2.76. The van der Waals surface area contributed by atoms with E-state index in [4.69, 9.17) is 16.3 Å². The molecule has 3 rings (SSSR count). The summed E-state index contributed by atoms with van der Waals surface area (Å²) in [5, 5.41) is 16.6. The lowest BCUT2D eigenvalue weighted by molar-refractivity contribution is -0.121. The molecule has 11 heteroatoms. The van der Waals surface area contributed by atoms with Gasteiger partial charge in [0.05, 0.1) is 23.4 Å². The van der Waals surface area contributed by atoms with E-state index in [0.29, 0.717) is 18.0 Å². The van der Waals surface area contributed by atoms with Gasteiger partial charge in [0.25, 0.3) is 5.91 Å². The number of tetrazole rings is 1. The molecule has 2 heterocycles. The van der Waals surface area contributed by atoms with Gasteiger partial charge in [-0.3, -0.25) is 14.6 Å². The summed E-state index contributed by atoms with van der Waals surface area (Å²) >= 11 is 6.26. The van der Waals surface area contributed by atoms with Crippen molar-refractivity contribution in [3.8, 4) is 11.4 Å². The number of benzene rings is 1. The molecule has 0 aliphatic heterocycles. The summed E-state index contributed by atoms with van der Waals surface area (Å²) < 4.78 is 6.65. The minimum absolute atomic E-state index is 0.135. The Morgan fingerprint density at radius 3 is 2.69 bits per heavy atom. The molecule has 0 bridgehead atoms. The molecule has 10 nitrogen and oxygen atoms in total. The summed E-state index contributed by atoms with van der Waals surface area (Å²) in [7, 11) is 1.44. The average molecular weight is 416 g/mol. The van der Waals surface area contributed by atoms with Gasteiger partial charge >= 0.3 is 0 Å². The fraction of sp³-hybridized carbons (Fsp3) is 0.222. The summed E-state index contributed by atoms with van der Waals surface area (Å²) in [6, 6.07) is 6.67. The number of nitrogens with one attached hydrogen (secondary N) is 2. The molecule has 2 amide bonds. The van der Waals surface area contributed by atoms with Gasteiger partial charge in [-0.1, -0.05) is 11.6 Å². The number of amides is 2. The predicted molar refractivity (Wildman–Crippen MR) is 104 cm³/mol. The number of aromatic nitrogens is 5. The highest BCUT2D eigenvalue weighted by Gasteiger charge is 2.17. The first-order chi connectivity index (χ1) is 14.1. The highest BCUT2D eigenvalue weighted by atomic mass is 35.5. The van der Waals surface area contributed by atoms with E-state index in [1.54, 1.807) is 18.5 Å². The number of rotatable bonds is 8. The Kier molecular flexibility index (Phi) is 6.69. The van der Waals surface area contributed by atoms with Crippen molar-refractivity contribution in [2.75, 3.05) is 13.7 Å². The van der Waals surface area contributed by atoms with Gasteiger partial charge in [0.1, 0.15) is 12.1 Å². The number of methoxy groups -OCH3 is 1. The molecule has 3 aromatic rings. The molecular formula is C18H18ClN7O3. The van der Waals surface area contributed by atoms with E-state index in [1.165, 1.54) is 24.2 Å². The van der Waals surface area contributed by atoms with Crippen LogP contribution in [0, 0.1) is 0 Å². The molecule has 0 radical (unpaired) electrons. The van der Waals surface area contributed by atoms with Crippen LogP contribution in [-0.2, 0) is 11.3 Å². The quantitative estimate of drug-likeness (QED) is 0.565. The predicted octanol–water partition coefficient (Wildman–Crippen LogP) is 1.16. The number of halogens is 1. The molecule has 0 atom stereocenters. The van der Waals surface area contributed by atoms with E-state index in [2.05, 4.69) is 31.1 Å². The van der Waals surface area contributed by atoms with Crippen LogP contribution in [0.1, 0.15) is 22.3 Å². The topological polar surface area (TPSA) is 124 Å². The van der Waals surface area contributed by atoms with Crippen molar-refractivity contribution in [3.63, 3.8) is 0 Å². The molecular weight excluding hydrogens is 398 g/mol. The van der Waals surface area contributed by atoms with Gasteiger partial charge in [-0.05, 0) is 34.2 Å². The number of hydrogen-bond donors (Lipinski definition) is 2. The van der Waals surface area contributed by atoms with Gasteiger partial charge in [-0.2, -0.15) is 4.68 Å². The zero-order valence-corrected chi connectivity index (χ0v) is 16.3. The Bertz CT molecular complexity index is 981. The van der Waals surface area contributed by atoms with E-state index in [-0.39, 0.29) is 29.5 Å². The Morgan fingerprint density at radius 2 is 2.00 bits per heavy atom. The average Bonchev–Trinajstić information content (AvgIpc) is 3.27. The molecule has 0 saturated carbocycles. The Balaban J connectivity index is 1.56. The van der Waals surface area contributed by atoms with E-state index in [9.17, 15) is 9.59 Å². The minimum atomic E-state index is -0.408. The van der Waals surface area contributed by atoms with Crippen LogP contribution in [0.5, 0.6) is 5.75 Å². The van der Waals surface area contributed by atoms with Crippen LogP contribution < -0.4 is 15.4 Å². The van der Waals surface area contributed by atoms with Crippen molar-refractivity contribution in [2.45, 2.75) is 13.0 Å². The van der Waals surface area contributed by atoms with Crippen molar-refractivity contribution in [2.24, 2.45) is 0 Å². The minimum Gasteiger partial charge on any atom is -0.496 e. The van der Waals surface area contributed by atoms with Crippen LogP contribution in [0.4, 0.5) is 0 Å². The Hall–Kier alpha value is -3.53. The summed E-state index contributed by atoms with van der Waals surface area (Å²) in [5.41, 5.74) is 1.66. The van der Waals surface area contributed by atoms with E-state index in [0.717, 1.165) is 5.56 Å². The standard InChI is InChI=1S/C18H18ClN7O3/c1-29-16-9-15(26-11-23-24-25-26)14(19)8-13(16)18(28)21-7-4-17(27)22-10-12-2-5-20-6-3-12/h2-3,5-6,8-9,11H,4,7,10H2,1H3,(H,21,28)(H,22,27). The zero-order valence-electron chi connectivity index (χ0n) is 15.5. The number of carbonyl (C=O) groups is 2. The smallest absolute Gasteiger partial charge is 0.255 e. The van der Waals surface area contributed by atoms with Crippen LogP contribution in [0.15, 0.2) is 43.0 Å². The van der Waals surface area contributed by atoms with Gasteiger partial charge in [-0.15, -0.1) is 5.10 Å². The van der Waals surface area contributed by atoms with Gasteiger partial charge in [-0.25, -0.2) is 0 Å². The van der Waals surface area contributed by atoms with E-state index >= 15 is 0 Å². The first-order valence-corrected chi connectivity index (χ1v) is 9.01. The van der Waals surface area contributed by atoms with Crippen molar-refractivity contribution in [3.05, 3.63) is 59.1 Å². The maximum Gasteiger partial charge on any atom is 0.255 e. The SMILES string of the molecule is COc1cc(-n2cnnn2)c(Cl)cc1C(=O)NCCC(=O)NCc1ccncc1. The van der Waals surface area contributed by atoms with E-state index < -0.39 is 5.91 Å². The van der Waals surface area contributed by atoms with Gasteiger partial charge in [0.2, 0.25) is 5.91 Å². The second-order valence-corrected chi connectivity index (χ2v) is 6.30. The second-order valence-electron chi connectivity index (χ2n) is 5.90. The van der Waals surface area contributed by atoms with Crippen LogP contribution in [0.2, 0.25) is 5.02 Å². The molecule has 2 aromatic heterocycles. The number of pyridine rings is 1. The number of ether oxygens (including phenoxy) is 1. The summed E-state index contributed by atoms with van der Waals surface area (Å²) in [5.74, 6) is -0.283. The molecule has 0 fully saturated rings. The molecule has 0 saturated heterocycles. The highest BCUT2D eigenvalue weighted by molar-refractivity contribution is 6.33. The van der Waals surface area contributed by atoms with E-state index in [1.807, 2.05) is 12.1 Å². The Morgan fingerprint density at radius 1 is 1.21 bits per heavy atom. The van der Waals surface area contributed by atoms with Crippen molar-refractivity contribution < 1.29 is 14.3 Å². The molecule has 0 aliphatic carbocycles. The zero-order chi connectivity index (χ0) is 20.6. The third-order valence-electron chi connectivity index (χ3n) is 3.99. The van der Waals surface area contributed by atoms with Crippen molar-refractivity contribution in [1.29, 1.82) is 0 Å². The summed E-state index contributed by atoms with van der Waals surface area (Å²) in [6.45, 7) is 0.563. The first-order valence-electron chi connectivity index (χ1n) is 8.63. The summed E-state index contributed by atoms with van der Waals surface area (Å²) in [6.07, 6.45) is 4.83. The lowest BCUT2D eigenvalue weighted by atomic mass is 10.1. The maximum absolute atomic E-state index is 12.5. The van der Waals surface area contributed by atoms with Crippen LogP contribution in [0.3, 0.4) is 0 Å². The van der Waals surface area contributed by atoms with Crippen molar-refractivity contribution >= 4 is 23.4 Å². The number of hydrogen-bond acceptors (Lipinski definition) is 7. The lowest BCUT2D eigenvalue weighted by Gasteiger charge is -2.12. The largest absolute Gasteiger partial charge is 0.496 e. The first kappa shape index (κ1) is 20.2.